The maximum absolute atomic E-state index is 5.74. The van der Waals surface area contributed by atoms with Crippen molar-refractivity contribution in [2.45, 2.75) is 26.9 Å². The van der Waals surface area contributed by atoms with Crippen molar-refractivity contribution in [3.05, 3.63) is 35.8 Å². The molecule has 0 spiro atoms. The molecule has 0 radical (unpaired) electrons. The Bertz CT molecular complexity index is 566. The number of nitrogens with zero attached hydrogens (tertiary/aromatic N) is 2. The zero-order valence-electron chi connectivity index (χ0n) is 11.4. The van der Waals surface area contributed by atoms with Gasteiger partial charge in [0.25, 0.3) is 0 Å². The molecule has 4 nitrogen and oxygen atoms in total. The minimum absolute atomic E-state index is 0.672. The van der Waals surface area contributed by atoms with Crippen LogP contribution >= 0.6 is 0 Å². The first-order chi connectivity index (χ1) is 9.28. The fourth-order valence-electron chi connectivity index (χ4n) is 2.43. The Morgan fingerprint density at radius 3 is 3.11 bits per heavy atom. The topological polar surface area (TPSA) is 39.1 Å². The lowest BCUT2D eigenvalue weighted by atomic mass is 10.1. The third-order valence-electron chi connectivity index (χ3n) is 3.38. The summed E-state index contributed by atoms with van der Waals surface area (Å²) in [6.07, 6.45) is 2.13. The maximum Gasteiger partial charge on any atom is 0.128 e. The van der Waals surface area contributed by atoms with Gasteiger partial charge in [0.2, 0.25) is 0 Å². The number of hydrogen-bond acceptors (Lipinski definition) is 3. The molecule has 0 saturated carbocycles. The molecule has 0 bridgehead atoms. The van der Waals surface area contributed by atoms with Gasteiger partial charge in [0, 0.05) is 24.8 Å². The lowest BCUT2D eigenvalue weighted by molar-refractivity contribution is 0.341. The monoisotopic (exact) mass is 257 g/mol. The van der Waals surface area contributed by atoms with Crippen molar-refractivity contribution in [2.24, 2.45) is 0 Å². The Balaban J connectivity index is 2.03. The molecule has 1 N–H and O–H groups in total. The SMILES string of the molecule is CCOc1cc(C)ccc1-c1cn2c(n1)CNCC2. The molecule has 0 unspecified atom stereocenters. The summed E-state index contributed by atoms with van der Waals surface area (Å²) in [6.45, 7) is 7.59. The molecule has 1 aromatic heterocycles. The minimum Gasteiger partial charge on any atom is -0.493 e. The first-order valence-electron chi connectivity index (χ1n) is 6.78. The molecule has 0 fully saturated rings. The van der Waals surface area contributed by atoms with Crippen molar-refractivity contribution in [2.75, 3.05) is 13.2 Å². The van der Waals surface area contributed by atoms with E-state index in [1.54, 1.807) is 0 Å². The molecule has 0 saturated heterocycles. The Hall–Kier alpha value is -1.81. The van der Waals surface area contributed by atoms with Crippen LogP contribution in [-0.2, 0) is 13.1 Å². The molecule has 3 rings (SSSR count). The van der Waals surface area contributed by atoms with E-state index >= 15 is 0 Å². The summed E-state index contributed by atoms with van der Waals surface area (Å²) in [5.41, 5.74) is 3.29. The van der Waals surface area contributed by atoms with Crippen LogP contribution in [0.5, 0.6) is 5.75 Å². The molecule has 0 aliphatic carbocycles. The minimum atomic E-state index is 0.672. The number of ether oxygens (including phenoxy) is 1. The summed E-state index contributed by atoms with van der Waals surface area (Å²) >= 11 is 0. The van der Waals surface area contributed by atoms with Crippen molar-refractivity contribution in [3.63, 3.8) is 0 Å². The van der Waals surface area contributed by atoms with Crippen LogP contribution in [0.15, 0.2) is 24.4 Å². The van der Waals surface area contributed by atoms with Gasteiger partial charge >= 0.3 is 0 Å². The van der Waals surface area contributed by atoms with Gasteiger partial charge in [-0.05, 0) is 31.5 Å². The van der Waals surface area contributed by atoms with Crippen molar-refractivity contribution < 1.29 is 4.74 Å². The predicted octanol–water partition coefficient (Wildman–Crippen LogP) is 2.36. The zero-order valence-corrected chi connectivity index (χ0v) is 11.4. The van der Waals surface area contributed by atoms with E-state index < -0.39 is 0 Å². The van der Waals surface area contributed by atoms with Gasteiger partial charge in [0.1, 0.15) is 11.6 Å². The van der Waals surface area contributed by atoms with E-state index in [-0.39, 0.29) is 0 Å². The van der Waals surface area contributed by atoms with Crippen LogP contribution < -0.4 is 10.1 Å². The number of aryl methyl sites for hydroxylation is 1. The summed E-state index contributed by atoms with van der Waals surface area (Å²) in [4.78, 5) is 4.71. The van der Waals surface area contributed by atoms with Crippen molar-refractivity contribution in [1.29, 1.82) is 0 Å². The number of rotatable bonds is 3. The summed E-state index contributed by atoms with van der Waals surface area (Å²) in [5.74, 6) is 2.02. The van der Waals surface area contributed by atoms with Gasteiger partial charge in [-0.15, -0.1) is 0 Å². The second kappa shape index (κ2) is 5.05. The molecule has 1 aliphatic rings. The number of nitrogens with one attached hydrogen (secondary N) is 1. The number of imidazole rings is 1. The second-order valence-corrected chi connectivity index (χ2v) is 4.85. The highest BCUT2D eigenvalue weighted by molar-refractivity contribution is 5.67. The van der Waals surface area contributed by atoms with E-state index in [0.29, 0.717) is 6.61 Å². The smallest absolute Gasteiger partial charge is 0.128 e. The van der Waals surface area contributed by atoms with Crippen LogP contribution in [0.25, 0.3) is 11.3 Å². The first-order valence-corrected chi connectivity index (χ1v) is 6.78. The van der Waals surface area contributed by atoms with Crippen molar-refractivity contribution in [3.8, 4) is 17.0 Å². The lowest BCUT2D eigenvalue weighted by Crippen LogP contribution is -2.27. The van der Waals surface area contributed by atoms with Crippen LogP contribution in [-0.4, -0.2) is 22.7 Å². The molecule has 1 aliphatic heterocycles. The van der Waals surface area contributed by atoms with Crippen molar-refractivity contribution in [1.82, 2.24) is 14.9 Å². The normalized spacial score (nSPS) is 14.2. The van der Waals surface area contributed by atoms with Crippen LogP contribution in [0.2, 0.25) is 0 Å². The van der Waals surface area contributed by atoms with E-state index in [4.69, 9.17) is 9.72 Å². The van der Waals surface area contributed by atoms with E-state index in [9.17, 15) is 0 Å². The largest absolute Gasteiger partial charge is 0.493 e. The number of fused-ring (bicyclic) bond motifs is 1. The van der Waals surface area contributed by atoms with E-state index in [0.717, 1.165) is 42.5 Å². The highest BCUT2D eigenvalue weighted by Crippen LogP contribution is 2.30. The number of benzene rings is 1. The molecule has 2 heterocycles. The number of aromatic nitrogens is 2. The standard InChI is InChI=1S/C15H19N3O/c1-3-19-14-8-11(2)4-5-12(14)13-10-18-7-6-16-9-15(18)17-13/h4-5,8,10,16H,3,6-7,9H2,1-2H3. The lowest BCUT2D eigenvalue weighted by Gasteiger charge is -2.13. The van der Waals surface area contributed by atoms with Gasteiger partial charge in [-0.25, -0.2) is 4.98 Å². The predicted molar refractivity (Wildman–Crippen MR) is 75.3 cm³/mol. The molecule has 4 heteroatoms. The Morgan fingerprint density at radius 1 is 1.42 bits per heavy atom. The van der Waals surface area contributed by atoms with Gasteiger partial charge in [-0.2, -0.15) is 0 Å². The highest BCUT2D eigenvalue weighted by atomic mass is 16.5. The van der Waals surface area contributed by atoms with Gasteiger partial charge in [-0.1, -0.05) is 6.07 Å². The molecule has 0 atom stereocenters. The average molecular weight is 257 g/mol. The van der Waals surface area contributed by atoms with Crippen LogP contribution in [0.3, 0.4) is 0 Å². The molecular weight excluding hydrogens is 238 g/mol. The van der Waals surface area contributed by atoms with Crippen molar-refractivity contribution >= 4 is 0 Å². The van der Waals surface area contributed by atoms with Gasteiger partial charge in [0.05, 0.1) is 18.8 Å². The number of hydrogen-bond donors (Lipinski definition) is 1. The third kappa shape index (κ3) is 2.36. The summed E-state index contributed by atoms with van der Waals surface area (Å²) < 4.78 is 7.96. The molecule has 1 aromatic carbocycles. The summed E-state index contributed by atoms with van der Waals surface area (Å²) in [5, 5.41) is 3.34. The average Bonchev–Trinajstić information content (AvgIpc) is 2.82. The Labute approximate surface area is 113 Å². The Kier molecular flexibility index (Phi) is 3.25. The van der Waals surface area contributed by atoms with Gasteiger partial charge in [0.15, 0.2) is 0 Å². The van der Waals surface area contributed by atoms with Crippen LogP contribution in [0.4, 0.5) is 0 Å². The summed E-state index contributed by atoms with van der Waals surface area (Å²) in [6, 6.07) is 6.28. The molecule has 100 valence electrons. The molecule has 0 amide bonds. The second-order valence-electron chi connectivity index (χ2n) is 4.85. The van der Waals surface area contributed by atoms with Gasteiger partial charge < -0.3 is 14.6 Å². The third-order valence-corrected chi connectivity index (χ3v) is 3.38. The quantitative estimate of drug-likeness (QED) is 0.917. The van der Waals surface area contributed by atoms with Crippen LogP contribution in [0.1, 0.15) is 18.3 Å². The highest BCUT2D eigenvalue weighted by Gasteiger charge is 2.15. The Morgan fingerprint density at radius 2 is 2.32 bits per heavy atom. The fraction of sp³-hybridized carbons (Fsp3) is 0.400. The first kappa shape index (κ1) is 12.2. The molecule has 19 heavy (non-hydrogen) atoms. The van der Waals surface area contributed by atoms with E-state index in [2.05, 4.69) is 41.2 Å². The van der Waals surface area contributed by atoms with E-state index in [1.165, 1.54) is 5.56 Å². The molecular formula is C15H19N3O. The maximum atomic E-state index is 5.74. The van der Waals surface area contributed by atoms with Gasteiger partial charge in [-0.3, -0.25) is 0 Å². The summed E-state index contributed by atoms with van der Waals surface area (Å²) in [7, 11) is 0. The fourth-order valence-corrected chi connectivity index (χ4v) is 2.43. The zero-order chi connectivity index (χ0) is 13.2. The molecule has 2 aromatic rings. The van der Waals surface area contributed by atoms with Crippen LogP contribution in [0, 0.1) is 6.92 Å². The van der Waals surface area contributed by atoms with E-state index in [1.807, 2.05) is 6.92 Å².